The molecular weight excluding hydrogens is 402 g/mol. The monoisotopic (exact) mass is 435 g/mol. The van der Waals surface area contributed by atoms with Gasteiger partial charge in [-0.3, -0.25) is 4.79 Å². The zero-order chi connectivity index (χ0) is 22.8. The zero-order valence-corrected chi connectivity index (χ0v) is 19.5. The maximum atomic E-state index is 13.1. The van der Waals surface area contributed by atoms with Crippen molar-refractivity contribution >= 4 is 29.4 Å². The topological polar surface area (TPSA) is 92.6 Å². The zero-order valence-electron chi connectivity index (χ0n) is 18.7. The van der Waals surface area contributed by atoms with Crippen LogP contribution in [0.2, 0.25) is 0 Å². The minimum atomic E-state index is -0.650. The fourth-order valence-electron chi connectivity index (χ4n) is 3.36. The Labute approximate surface area is 183 Å². The summed E-state index contributed by atoms with van der Waals surface area (Å²) in [6.07, 6.45) is 7.46. The maximum absolute atomic E-state index is 13.1. The Morgan fingerprint density at radius 1 is 1.40 bits per heavy atom. The van der Waals surface area contributed by atoms with Gasteiger partial charge in [0.2, 0.25) is 5.91 Å². The van der Waals surface area contributed by atoms with Gasteiger partial charge in [0, 0.05) is 44.1 Å². The average molecular weight is 436 g/mol. The van der Waals surface area contributed by atoms with E-state index in [0.29, 0.717) is 17.8 Å². The smallest absolute Gasteiger partial charge is 0.357 e. The van der Waals surface area contributed by atoms with Crippen molar-refractivity contribution in [2.75, 3.05) is 20.8 Å². The van der Waals surface area contributed by atoms with Crippen LogP contribution in [0.25, 0.3) is 0 Å². The largest absolute Gasteiger partial charge is 0.461 e. The van der Waals surface area contributed by atoms with Gasteiger partial charge in [-0.1, -0.05) is 20.8 Å². The summed E-state index contributed by atoms with van der Waals surface area (Å²) < 4.78 is 10.7. The number of nitrogens with one attached hydrogen (secondary N) is 1. The van der Waals surface area contributed by atoms with Crippen LogP contribution in [0.5, 0.6) is 0 Å². The van der Waals surface area contributed by atoms with Crippen molar-refractivity contribution < 1.29 is 19.1 Å². The molecule has 0 aliphatic carbocycles. The van der Waals surface area contributed by atoms with E-state index in [-0.39, 0.29) is 42.2 Å². The molecule has 4 atom stereocenters. The third kappa shape index (κ3) is 6.38. The Morgan fingerprint density at radius 2 is 2.07 bits per heavy atom. The van der Waals surface area contributed by atoms with Crippen LogP contribution in [-0.4, -0.2) is 54.8 Å². The summed E-state index contributed by atoms with van der Waals surface area (Å²) in [4.78, 5) is 31.1. The first-order chi connectivity index (χ1) is 14.2. The van der Waals surface area contributed by atoms with Gasteiger partial charge in [0.1, 0.15) is 11.1 Å². The van der Waals surface area contributed by atoms with Crippen molar-refractivity contribution in [1.82, 2.24) is 9.88 Å². The van der Waals surface area contributed by atoms with Crippen molar-refractivity contribution in [3.05, 3.63) is 16.1 Å². The molecule has 8 heteroatoms. The van der Waals surface area contributed by atoms with E-state index in [1.807, 2.05) is 20.8 Å². The molecule has 0 aromatic carbocycles. The maximum Gasteiger partial charge on any atom is 0.357 e. The number of methoxy groups -OCH3 is 1. The van der Waals surface area contributed by atoms with E-state index in [1.54, 1.807) is 31.4 Å². The van der Waals surface area contributed by atoms with Crippen LogP contribution in [0.15, 0.2) is 5.38 Å². The number of carbonyl (C=O) groups is 2. The first-order valence-corrected chi connectivity index (χ1v) is 11.0. The second-order valence-corrected chi connectivity index (χ2v) is 8.28. The van der Waals surface area contributed by atoms with E-state index in [2.05, 4.69) is 10.9 Å². The minimum Gasteiger partial charge on any atom is -0.461 e. The predicted octanol–water partition coefficient (Wildman–Crippen LogP) is 3.81. The molecule has 30 heavy (non-hydrogen) atoms. The van der Waals surface area contributed by atoms with Gasteiger partial charge < -0.3 is 19.8 Å². The SMILES string of the molecule is C#C[C@@H](CC)[C@H](C=N)C(=O)N(C)[C@H](C[C@@H](OC)c1nc(C(=O)OCC)cs1)C(C)C. The molecule has 1 N–H and O–H groups in total. The Kier molecular flexibility index (Phi) is 10.7. The van der Waals surface area contributed by atoms with Crippen LogP contribution >= 0.6 is 11.3 Å². The third-order valence-electron chi connectivity index (χ3n) is 5.19. The molecule has 1 heterocycles. The van der Waals surface area contributed by atoms with E-state index < -0.39 is 11.9 Å². The fraction of sp³-hybridized carbons (Fsp3) is 0.636. The molecule has 1 aromatic heterocycles. The van der Waals surface area contributed by atoms with Crippen LogP contribution in [0.3, 0.4) is 0 Å². The summed E-state index contributed by atoms with van der Waals surface area (Å²) in [5.41, 5.74) is 0.258. The van der Waals surface area contributed by atoms with Gasteiger partial charge >= 0.3 is 5.97 Å². The molecule has 0 aliphatic rings. The minimum absolute atomic E-state index is 0.137. The number of esters is 1. The highest BCUT2D eigenvalue weighted by atomic mass is 32.1. The number of carbonyl (C=O) groups excluding carboxylic acids is 2. The summed E-state index contributed by atoms with van der Waals surface area (Å²) >= 11 is 1.33. The molecule has 1 aromatic rings. The number of thiazole rings is 1. The van der Waals surface area contributed by atoms with Crippen LogP contribution in [0.1, 0.15) is 62.1 Å². The van der Waals surface area contributed by atoms with Crippen molar-refractivity contribution in [3.8, 4) is 12.3 Å². The lowest BCUT2D eigenvalue weighted by Gasteiger charge is -2.35. The van der Waals surface area contributed by atoms with Gasteiger partial charge in [-0.25, -0.2) is 9.78 Å². The molecule has 0 radical (unpaired) electrons. The average Bonchev–Trinajstić information content (AvgIpc) is 3.21. The Balaban J connectivity index is 3.06. The summed E-state index contributed by atoms with van der Waals surface area (Å²) in [5, 5.41) is 10.0. The number of rotatable bonds is 12. The molecule has 0 saturated carbocycles. The Bertz CT molecular complexity index is 756. The normalized spacial score (nSPS) is 15.0. The van der Waals surface area contributed by atoms with E-state index in [4.69, 9.17) is 21.3 Å². The summed E-state index contributed by atoms with van der Waals surface area (Å²) in [6.45, 7) is 8.01. The molecule has 1 amide bonds. The lowest BCUT2D eigenvalue weighted by molar-refractivity contribution is -0.136. The van der Waals surface area contributed by atoms with Crippen LogP contribution in [-0.2, 0) is 14.3 Å². The van der Waals surface area contributed by atoms with E-state index in [9.17, 15) is 9.59 Å². The molecule has 1 rings (SSSR count). The van der Waals surface area contributed by atoms with Gasteiger partial charge in [-0.05, 0) is 19.3 Å². The number of ether oxygens (including phenoxy) is 2. The highest BCUT2D eigenvalue weighted by Gasteiger charge is 2.33. The van der Waals surface area contributed by atoms with E-state index >= 15 is 0 Å². The highest BCUT2D eigenvalue weighted by Crippen LogP contribution is 2.30. The predicted molar refractivity (Wildman–Crippen MR) is 119 cm³/mol. The van der Waals surface area contributed by atoms with Crippen molar-refractivity contribution in [3.63, 3.8) is 0 Å². The van der Waals surface area contributed by atoms with Crippen molar-refractivity contribution in [1.29, 1.82) is 5.41 Å². The van der Waals surface area contributed by atoms with Crippen molar-refractivity contribution in [2.45, 2.75) is 52.7 Å². The molecule has 166 valence electrons. The quantitative estimate of drug-likeness (QED) is 0.306. The highest BCUT2D eigenvalue weighted by molar-refractivity contribution is 7.09. The van der Waals surface area contributed by atoms with Gasteiger partial charge in [0.15, 0.2) is 5.69 Å². The standard InChI is InChI=1S/C22H33N3O4S/c1-8-15(9-2)16(12-23)21(26)25(6)18(14(4)5)11-19(28-7)20-24-17(13-30-20)22(27)29-10-3/h1,12-16,18-19,23H,9-11H2,2-7H3/t15-,16-,18+,19+/m0/s1. The van der Waals surface area contributed by atoms with Crippen molar-refractivity contribution in [2.24, 2.45) is 17.8 Å². The number of hydrogen-bond donors (Lipinski definition) is 1. The first kappa shape index (κ1) is 25.8. The number of hydrogen-bond acceptors (Lipinski definition) is 7. The number of nitrogens with zero attached hydrogens (tertiary/aromatic N) is 2. The Morgan fingerprint density at radius 3 is 2.53 bits per heavy atom. The fourth-order valence-corrected chi connectivity index (χ4v) is 4.24. The summed E-state index contributed by atoms with van der Waals surface area (Å²) in [7, 11) is 3.33. The molecule has 0 unspecified atom stereocenters. The van der Waals surface area contributed by atoms with Gasteiger partial charge in [0.05, 0.1) is 12.5 Å². The van der Waals surface area contributed by atoms with Crippen LogP contribution in [0.4, 0.5) is 0 Å². The summed E-state index contributed by atoms with van der Waals surface area (Å²) in [6, 6.07) is -0.157. The third-order valence-corrected chi connectivity index (χ3v) is 6.13. The van der Waals surface area contributed by atoms with Gasteiger partial charge in [-0.15, -0.1) is 23.7 Å². The lowest BCUT2D eigenvalue weighted by Crippen LogP contribution is -2.46. The molecular formula is C22H33N3O4S. The van der Waals surface area contributed by atoms with Crippen LogP contribution in [0, 0.1) is 35.5 Å². The number of terminal acetylenes is 1. The lowest BCUT2D eigenvalue weighted by atomic mass is 9.88. The van der Waals surface area contributed by atoms with E-state index in [1.165, 1.54) is 11.3 Å². The molecule has 0 bridgehead atoms. The number of aromatic nitrogens is 1. The second kappa shape index (κ2) is 12.5. The van der Waals surface area contributed by atoms with Crippen LogP contribution < -0.4 is 0 Å². The molecule has 7 nitrogen and oxygen atoms in total. The molecule has 0 fully saturated rings. The van der Waals surface area contributed by atoms with E-state index in [0.717, 1.165) is 6.21 Å². The molecule has 0 saturated heterocycles. The second-order valence-electron chi connectivity index (χ2n) is 7.39. The Hall–Kier alpha value is -2.24. The van der Waals surface area contributed by atoms with Gasteiger partial charge in [0.25, 0.3) is 0 Å². The molecule has 0 spiro atoms. The van der Waals surface area contributed by atoms with Gasteiger partial charge in [-0.2, -0.15) is 0 Å². The molecule has 0 aliphatic heterocycles. The summed E-state index contributed by atoms with van der Waals surface area (Å²) in [5.74, 6) is 1.18. The first-order valence-electron chi connectivity index (χ1n) is 10.1. The number of amides is 1.